The van der Waals surface area contributed by atoms with E-state index >= 15 is 0 Å². The molecule has 0 aliphatic carbocycles. The molecule has 0 amide bonds. The van der Waals surface area contributed by atoms with Crippen molar-refractivity contribution in [3.05, 3.63) is 53.6 Å². The second-order valence-corrected chi connectivity index (χ2v) is 5.31. The van der Waals surface area contributed by atoms with Crippen molar-refractivity contribution in [3.63, 3.8) is 0 Å². The standard InChI is InChI=1S/C17H24/c1-7-9-14(4)15-11-10-13(3)12-16(15)17(5,6)8-2/h7,9-12H,4,8H2,1-3,5-6H3/b9-7-. The maximum atomic E-state index is 4.17. The summed E-state index contributed by atoms with van der Waals surface area (Å²) in [6.45, 7) is 15.2. The van der Waals surface area contributed by atoms with E-state index in [1.54, 1.807) is 0 Å². The highest BCUT2D eigenvalue weighted by molar-refractivity contribution is 5.75. The predicted molar refractivity (Wildman–Crippen MR) is 78.3 cm³/mol. The summed E-state index contributed by atoms with van der Waals surface area (Å²) in [6, 6.07) is 6.66. The summed E-state index contributed by atoms with van der Waals surface area (Å²) in [6.07, 6.45) is 5.26. The monoisotopic (exact) mass is 228 g/mol. The van der Waals surface area contributed by atoms with E-state index in [-0.39, 0.29) is 5.41 Å². The topological polar surface area (TPSA) is 0 Å². The number of allylic oxidation sites excluding steroid dienone is 3. The van der Waals surface area contributed by atoms with Gasteiger partial charge in [0.15, 0.2) is 0 Å². The molecule has 0 spiro atoms. The van der Waals surface area contributed by atoms with Gasteiger partial charge in [-0.2, -0.15) is 0 Å². The van der Waals surface area contributed by atoms with Crippen LogP contribution in [0.4, 0.5) is 0 Å². The zero-order valence-corrected chi connectivity index (χ0v) is 11.8. The lowest BCUT2D eigenvalue weighted by molar-refractivity contribution is 0.505. The van der Waals surface area contributed by atoms with Gasteiger partial charge in [-0.25, -0.2) is 0 Å². The Morgan fingerprint density at radius 2 is 2.00 bits per heavy atom. The Morgan fingerprint density at radius 1 is 1.35 bits per heavy atom. The molecule has 0 heteroatoms. The van der Waals surface area contributed by atoms with Crippen LogP contribution in [0.3, 0.4) is 0 Å². The Morgan fingerprint density at radius 3 is 2.53 bits per heavy atom. The molecule has 0 saturated heterocycles. The highest BCUT2D eigenvalue weighted by atomic mass is 14.3. The van der Waals surface area contributed by atoms with E-state index in [2.05, 4.69) is 58.5 Å². The number of hydrogen-bond donors (Lipinski definition) is 0. The zero-order valence-electron chi connectivity index (χ0n) is 11.8. The highest BCUT2D eigenvalue weighted by Gasteiger charge is 2.21. The molecule has 0 atom stereocenters. The first-order valence-electron chi connectivity index (χ1n) is 6.35. The zero-order chi connectivity index (χ0) is 13.1. The molecule has 17 heavy (non-hydrogen) atoms. The van der Waals surface area contributed by atoms with Gasteiger partial charge < -0.3 is 0 Å². The Hall–Kier alpha value is -1.30. The molecule has 0 aromatic heterocycles. The van der Waals surface area contributed by atoms with Crippen LogP contribution in [0.15, 0.2) is 36.9 Å². The van der Waals surface area contributed by atoms with Crippen LogP contribution in [0.1, 0.15) is 50.8 Å². The SMILES string of the molecule is C=C(/C=C\C)c1ccc(C)cc1C(C)(C)CC. The molecule has 0 fully saturated rings. The normalized spacial score (nSPS) is 12.1. The average Bonchev–Trinajstić information content (AvgIpc) is 2.29. The Bertz CT molecular complexity index is 433. The van der Waals surface area contributed by atoms with E-state index in [1.807, 2.05) is 13.0 Å². The van der Waals surface area contributed by atoms with Gasteiger partial charge >= 0.3 is 0 Å². The molecule has 0 nitrogen and oxygen atoms in total. The minimum Gasteiger partial charge on any atom is -0.0912 e. The molecule has 1 rings (SSSR count). The van der Waals surface area contributed by atoms with Gasteiger partial charge in [-0.15, -0.1) is 0 Å². The van der Waals surface area contributed by atoms with E-state index in [9.17, 15) is 0 Å². The Labute approximate surface area is 106 Å². The van der Waals surface area contributed by atoms with Crippen molar-refractivity contribution in [3.8, 4) is 0 Å². The summed E-state index contributed by atoms with van der Waals surface area (Å²) < 4.78 is 0. The van der Waals surface area contributed by atoms with Gasteiger partial charge in [0.25, 0.3) is 0 Å². The summed E-state index contributed by atoms with van der Waals surface area (Å²) >= 11 is 0. The molecule has 0 aliphatic rings. The summed E-state index contributed by atoms with van der Waals surface area (Å²) in [7, 11) is 0. The van der Waals surface area contributed by atoms with Crippen molar-refractivity contribution >= 4 is 5.57 Å². The summed E-state index contributed by atoms with van der Waals surface area (Å²) in [5, 5.41) is 0. The minimum atomic E-state index is 0.200. The molecule has 0 aliphatic heterocycles. The Kier molecular flexibility index (Phi) is 4.34. The van der Waals surface area contributed by atoms with Crippen molar-refractivity contribution in [2.24, 2.45) is 0 Å². The van der Waals surface area contributed by atoms with Crippen molar-refractivity contribution in [2.45, 2.75) is 46.5 Å². The lowest BCUT2D eigenvalue weighted by atomic mass is 9.77. The first-order valence-corrected chi connectivity index (χ1v) is 6.35. The van der Waals surface area contributed by atoms with Gasteiger partial charge in [-0.05, 0) is 42.4 Å². The summed E-state index contributed by atoms with van der Waals surface area (Å²) in [5.41, 5.74) is 5.30. The van der Waals surface area contributed by atoms with Crippen LogP contribution in [0.2, 0.25) is 0 Å². The average molecular weight is 228 g/mol. The third kappa shape index (κ3) is 3.09. The maximum absolute atomic E-state index is 4.17. The lowest BCUT2D eigenvalue weighted by Gasteiger charge is -2.27. The quantitative estimate of drug-likeness (QED) is 0.616. The molecule has 1 aromatic carbocycles. The van der Waals surface area contributed by atoms with Crippen LogP contribution >= 0.6 is 0 Å². The van der Waals surface area contributed by atoms with Crippen LogP contribution in [0.5, 0.6) is 0 Å². The van der Waals surface area contributed by atoms with Crippen LogP contribution in [-0.2, 0) is 5.41 Å². The first kappa shape index (κ1) is 13.8. The molecule has 0 bridgehead atoms. The van der Waals surface area contributed by atoms with Gasteiger partial charge in [0.1, 0.15) is 0 Å². The van der Waals surface area contributed by atoms with Gasteiger partial charge in [0.2, 0.25) is 0 Å². The molecule has 0 saturated carbocycles. The van der Waals surface area contributed by atoms with Crippen LogP contribution in [-0.4, -0.2) is 0 Å². The van der Waals surface area contributed by atoms with E-state index in [0.717, 1.165) is 12.0 Å². The number of benzene rings is 1. The largest absolute Gasteiger partial charge is 0.0912 e. The minimum absolute atomic E-state index is 0.200. The number of hydrogen-bond acceptors (Lipinski definition) is 0. The van der Waals surface area contributed by atoms with Crippen molar-refractivity contribution in [1.29, 1.82) is 0 Å². The summed E-state index contributed by atoms with van der Waals surface area (Å²) in [5.74, 6) is 0. The molecule has 1 aromatic rings. The van der Waals surface area contributed by atoms with Crippen molar-refractivity contribution in [2.75, 3.05) is 0 Å². The van der Waals surface area contributed by atoms with E-state index in [0.29, 0.717) is 0 Å². The molecule has 0 radical (unpaired) electrons. The number of rotatable bonds is 4. The fourth-order valence-electron chi connectivity index (χ4n) is 1.98. The van der Waals surface area contributed by atoms with Crippen LogP contribution in [0.25, 0.3) is 5.57 Å². The molecule has 0 N–H and O–H groups in total. The van der Waals surface area contributed by atoms with Gasteiger partial charge in [-0.1, -0.05) is 63.3 Å². The van der Waals surface area contributed by atoms with Gasteiger partial charge in [0.05, 0.1) is 0 Å². The van der Waals surface area contributed by atoms with Crippen LogP contribution in [0, 0.1) is 6.92 Å². The predicted octanol–water partition coefficient (Wildman–Crippen LogP) is 5.27. The van der Waals surface area contributed by atoms with Crippen molar-refractivity contribution in [1.82, 2.24) is 0 Å². The smallest absolute Gasteiger partial charge is 0.00999 e. The molecule has 0 heterocycles. The second kappa shape index (κ2) is 5.35. The van der Waals surface area contributed by atoms with E-state index in [4.69, 9.17) is 0 Å². The van der Waals surface area contributed by atoms with Crippen LogP contribution < -0.4 is 0 Å². The molecular weight excluding hydrogens is 204 g/mol. The molecule has 92 valence electrons. The third-order valence-electron chi connectivity index (χ3n) is 3.50. The summed E-state index contributed by atoms with van der Waals surface area (Å²) in [4.78, 5) is 0. The fourth-order valence-corrected chi connectivity index (χ4v) is 1.98. The third-order valence-corrected chi connectivity index (χ3v) is 3.50. The van der Waals surface area contributed by atoms with Gasteiger partial charge in [-0.3, -0.25) is 0 Å². The lowest BCUT2D eigenvalue weighted by Crippen LogP contribution is -2.17. The number of aryl methyl sites for hydroxylation is 1. The highest BCUT2D eigenvalue weighted by Crippen LogP contribution is 2.33. The molecule has 0 unspecified atom stereocenters. The molecular formula is C17H24. The van der Waals surface area contributed by atoms with Gasteiger partial charge in [0, 0.05) is 0 Å². The first-order chi connectivity index (χ1) is 7.92. The van der Waals surface area contributed by atoms with E-state index in [1.165, 1.54) is 16.7 Å². The maximum Gasteiger partial charge on any atom is -0.00999 e. The fraction of sp³-hybridized carbons (Fsp3) is 0.412. The second-order valence-electron chi connectivity index (χ2n) is 5.31. The Balaban J connectivity index is 3.36. The van der Waals surface area contributed by atoms with E-state index < -0.39 is 0 Å². The van der Waals surface area contributed by atoms with Crippen molar-refractivity contribution < 1.29 is 0 Å².